The first-order valence-corrected chi connectivity index (χ1v) is 9.04. The molecule has 0 heterocycles. The summed E-state index contributed by atoms with van der Waals surface area (Å²) in [6.45, 7) is 4.73. The maximum atomic E-state index is 11.8. The lowest BCUT2D eigenvalue weighted by Gasteiger charge is -2.58. The van der Waals surface area contributed by atoms with E-state index in [1.807, 2.05) is 6.08 Å². The van der Waals surface area contributed by atoms with Gasteiger partial charge in [-0.1, -0.05) is 25.5 Å². The molecule has 0 aromatic carbocycles. The molecular formula is C20H26O2. The van der Waals surface area contributed by atoms with Gasteiger partial charge in [-0.15, -0.1) is 0 Å². The third kappa shape index (κ3) is 1.28. The van der Waals surface area contributed by atoms with Gasteiger partial charge in [-0.05, 0) is 79.3 Å². The Hall–Kier alpha value is -0.890. The normalized spacial score (nSPS) is 58.3. The molecule has 0 amide bonds. The van der Waals surface area contributed by atoms with E-state index in [4.69, 9.17) is 0 Å². The van der Waals surface area contributed by atoms with Gasteiger partial charge in [0.05, 0.1) is 6.10 Å². The van der Waals surface area contributed by atoms with E-state index in [9.17, 15) is 9.90 Å². The van der Waals surface area contributed by atoms with Crippen LogP contribution in [0.4, 0.5) is 0 Å². The highest BCUT2D eigenvalue weighted by atomic mass is 16.3. The van der Waals surface area contributed by atoms with Crippen molar-refractivity contribution in [3.05, 3.63) is 23.8 Å². The molecule has 22 heavy (non-hydrogen) atoms. The second-order valence-electron chi connectivity index (χ2n) is 9.09. The summed E-state index contributed by atoms with van der Waals surface area (Å²) in [5.74, 6) is 2.35. The summed E-state index contributed by atoms with van der Waals surface area (Å²) in [4.78, 5) is 11.8. The molecule has 4 saturated carbocycles. The van der Waals surface area contributed by atoms with Crippen LogP contribution in [0.15, 0.2) is 23.8 Å². The fraction of sp³-hybridized carbons (Fsp3) is 0.750. The van der Waals surface area contributed by atoms with Crippen LogP contribution in [0.3, 0.4) is 0 Å². The van der Waals surface area contributed by atoms with E-state index < -0.39 is 0 Å². The zero-order chi connectivity index (χ0) is 15.3. The van der Waals surface area contributed by atoms with Crippen LogP contribution in [-0.4, -0.2) is 17.0 Å². The van der Waals surface area contributed by atoms with Gasteiger partial charge in [0.2, 0.25) is 0 Å². The van der Waals surface area contributed by atoms with Gasteiger partial charge in [-0.25, -0.2) is 0 Å². The summed E-state index contributed by atoms with van der Waals surface area (Å²) in [5.41, 5.74) is 2.04. The van der Waals surface area contributed by atoms with Gasteiger partial charge in [0.15, 0.2) is 5.78 Å². The number of aliphatic hydroxyl groups is 1. The lowest BCUT2D eigenvalue weighted by atomic mass is 9.46. The Morgan fingerprint density at radius 3 is 2.86 bits per heavy atom. The zero-order valence-corrected chi connectivity index (χ0v) is 13.6. The number of allylic oxidation sites excluding steroid dienone is 4. The molecule has 0 radical (unpaired) electrons. The van der Waals surface area contributed by atoms with Crippen LogP contribution in [0.25, 0.3) is 0 Å². The van der Waals surface area contributed by atoms with Gasteiger partial charge in [0, 0.05) is 5.41 Å². The van der Waals surface area contributed by atoms with Crippen molar-refractivity contribution in [3.8, 4) is 0 Å². The highest BCUT2D eigenvalue weighted by Crippen LogP contribution is 2.82. The molecule has 2 unspecified atom stereocenters. The van der Waals surface area contributed by atoms with E-state index in [-0.39, 0.29) is 22.7 Å². The molecule has 0 aromatic heterocycles. The number of carbonyl (C=O) groups is 1. The van der Waals surface area contributed by atoms with E-state index in [0.717, 1.165) is 31.1 Å². The van der Waals surface area contributed by atoms with Gasteiger partial charge in [-0.2, -0.15) is 0 Å². The largest absolute Gasteiger partial charge is 0.393 e. The number of hydrogen-bond acceptors (Lipinski definition) is 2. The molecule has 118 valence electrons. The average molecular weight is 298 g/mol. The average Bonchev–Trinajstić information content (AvgIpc) is 3.13. The fourth-order valence-electron chi connectivity index (χ4n) is 7.40. The molecule has 0 bridgehead atoms. The number of fused-ring (bicyclic) bond motifs is 3. The van der Waals surface area contributed by atoms with Gasteiger partial charge in [0.25, 0.3) is 0 Å². The minimum atomic E-state index is -0.0829. The molecule has 2 nitrogen and oxygen atoms in total. The van der Waals surface area contributed by atoms with Crippen LogP contribution >= 0.6 is 0 Å². The smallest absolute Gasteiger partial charge is 0.178 e. The molecule has 5 aliphatic carbocycles. The summed E-state index contributed by atoms with van der Waals surface area (Å²) >= 11 is 0. The number of carbonyl (C=O) groups excluding carboxylic acids is 1. The second kappa shape index (κ2) is 3.77. The van der Waals surface area contributed by atoms with Crippen LogP contribution in [0.1, 0.15) is 52.4 Å². The van der Waals surface area contributed by atoms with Crippen LogP contribution in [0, 0.1) is 34.0 Å². The number of ketones is 1. The third-order valence-corrected chi connectivity index (χ3v) is 8.68. The molecule has 0 aliphatic heterocycles. The lowest BCUT2D eigenvalue weighted by molar-refractivity contribution is -0.111. The number of hydrogen-bond donors (Lipinski definition) is 1. The first-order valence-electron chi connectivity index (χ1n) is 9.04. The van der Waals surface area contributed by atoms with Crippen molar-refractivity contribution in [1.82, 2.24) is 0 Å². The van der Waals surface area contributed by atoms with Crippen molar-refractivity contribution < 1.29 is 9.90 Å². The molecule has 1 N–H and O–H groups in total. The summed E-state index contributed by atoms with van der Waals surface area (Å²) in [6.07, 6.45) is 12.9. The second-order valence-corrected chi connectivity index (χ2v) is 9.09. The Kier molecular flexibility index (Phi) is 2.32. The third-order valence-electron chi connectivity index (χ3n) is 8.68. The standard InChI is InChI=1S/C20H26O2/c1-18-7-5-14(21)9-12(18)3-4-16-15(18)6-8-19(2)17(22)10-13-11-20(13,16)19/h5,7,9,13,15-17,22H,3-4,6,8,10-11H2,1-2H3/t13-,15?,16?,17+,18+,19-,20+/m1/s1. The number of aliphatic hydroxyl groups excluding tert-OH is 1. The molecule has 1 spiro atoms. The van der Waals surface area contributed by atoms with E-state index >= 15 is 0 Å². The van der Waals surface area contributed by atoms with E-state index in [2.05, 4.69) is 19.9 Å². The lowest BCUT2D eigenvalue weighted by Crippen LogP contribution is -2.53. The van der Waals surface area contributed by atoms with Crippen molar-refractivity contribution in [3.63, 3.8) is 0 Å². The summed E-state index contributed by atoms with van der Waals surface area (Å²) in [5, 5.41) is 10.6. The Morgan fingerprint density at radius 1 is 1.23 bits per heavy atom. The molecule has 4 fully saturated rings. The van der Waals surface area contributed by atoms with Crippen LogP contribution in [-0.2, 0) is 4.79 Å². The summed E-state index contributed by atoms with van der Waals surface area (Å²) < 4.78 is 0. The van der Waals surface area contributed by atoms with Gasteiger partial charge >= 0.3 is 0 Å². The predicted octanol–water partition coefficient (Wildman–Crippen LogP) is 3.66. The maximum absolute atomic E-state index is 11.8. The number of rotatable bonds is 0. The van der Waals surface area contributed by atoms with Crippen molar-refractivity contribution in [2.75, 3.05) is 0 Å². The van der Waals surface area contributed by atoms with E-state index in [1.165, 1.54) is 24.8 Å². The van der Waals surface area contributed by atoms with Gasteiger partial charge in [0.1, 0.15) is 0 Å². The van der Waals surface area contributed by atoms with Crippen molar-refractivity contribution in [2.24, 2.45) is 34.0 Å². The van der Waals surface area contributed by atoms with E-state index in [1.54, 1.807) is 6.08 Å². The molecule has 2 heteroatoms. The van der Waals surface area contributed by atoms with Gasteiger partial charge in [-0.3, -0.25) is 4.79 Å². The Balaban J connectivity index is 1.58. The first kappa shape index (κ1) is 13.5. The first-order chi connectivity index (χ1) is 10.4. The fourth-order valence-corrected chi connectivity index (χ4v) is 7.40. The van der Waals surface area contributed by atoms with Crippen LogP contribution < -0.4 is 0 Å². The molecule has 5 aliphatic rings. The van der Waals surface area contributed by atoms with Crippen LogP contribution in [0.5, 0.6) is 0 Å². The molecule has 0 saturated heterocycles. The Morgan fingerprint density at radius 2 is 2.05 bits per heavy atom. The summed E-state index contributed by atoms with van der Waals surface area (Å²) in [6, 6.07) is 0. The molecular weight excluding hydrogens is 272 g/mol. The minimum Gasteiger partial charge on any atom is -0.393 e. The minimum absolute atomic E-state index is 0.0829. The highest BCUT2D eigenvalue weighted by Gasteiger charge is 2.77. The Labute approximate surface area is 132 Å². The molecule has 0 aromatic rings. The van der Waals surface area contributed by atoms with Crippen molar-refractivity contribution >= 4 is 5.78 Å². The zero-order valence-electron chi connectivity index (χ0n) is 13.6. The molecule has 5 rings (SSSR count). The highest BCUT2D eigenvalue weighted by molar-refractivity contribution is 6.01. The van der Waals surface area contributed by atoms with Crippen molar-refractivity contribution in [2.45, 2.75) is 58.5 Å². The monoisotopic (exact) mass is 298 g/mol. The molecule has 7 atom stereocenters. The SMILES string of the molecule is C[C@]12C=CC(=O)C=C1CCC1C2CC[C@]2(C)[C@@H](O)C[C@@H]3C[C@@]132. The van der Waals surface area contributed by atoms with E-state index in [0.29, 0.717) is 11.3 Å². The topological polar surface area (TPSA) is 37.3 Å². The van der Waals surface area contributed by atoms with Gasteiger partial charge < -0.3 is 5.11 Å². The van der Waals surface area contributed by atoms with Crippen molar-refractivity contribution in [1.29, 1.82) is 0 Å². The summed E-state index contributed by atoms with van der Waals surface area (Å²) in [7, 11) is 0. The maximum Gasteiger partial charge on any atom is 0.178 e. The quantitative estimate of drug-likeness (QED) is 0.741. The predicted molar refractivity (Wildman–Crippen MR) is 85.1 cm³/mol. The Bertz CT molecular complexity index is 632. The van der Waals surface area contributed by atoms with Crippen LogP contribution in [0.2, 0.25) is 0 Å².